The maximum Gasteiger partial charge on any atom is 0.433 e. The Bertz CT molecular complexity index is 422. The zero-order valence-corrected chi connectivity index (χ0v) is 7.76. The fourth-order valence-electron chi connectivity index (χ4n) is 0.814. The third kappa shape index (κ3) is 2.79. The summed E-state index contributed by atoms with van der Waals surface area (Å²) in [5.74, 6) is -0.200. The second-order valence-corrected chi connectivity index (χ2v) is 2.57. The number of carbonyl (C=O) groups is 1. The largest absolute Gasteiger partial charge is 0.433 e. The van der Waals surface area contributed by atoms with Crippen LogP contribution in [0.25, 0.3) is 0 Å². The number of furan rings is 1. The second-order valence-electron chi connectivity index (χ2n) is 2.57. The summed E-state index contributed by atoms with van der Waals surface area (Å²) >= 11 is 0. The van der Waals surface area contributed by atoms with Crippen molar-refractivity contribution in [2.24, 2.45) is 10.8 Å². The van der Waals surface area contributed by atoms with Gasteiger partial charge in [-0.05, 0) is 13.0 Å². The Kier molecular flexibility index (Phi) is 3.01. The molecule has 0 atom stereocenters. The molecular weight excluding hydrogens is 204 g/mol. The molecule has 3 N–H and O–H groups in total. The summed E-state index contributed by atoms with van der Waals surface area (Å²) in [4.78, 5) is 19.9. The van der Waals surface area contributed by atoms with Gasteiger partial charge in [0.15, 0.2) is 5.76 Å². The Morgan fingerprint density at radius 2 is 2.33 bits per heavy atom. The molecule has 0 radical (unpaired) electrons. The minimum atomic E-state index is -0.824. The minimum Gasteiger partial charge on any atom is -0.399 e. The lowest BCUT2D eigenvalue weighted by Gasteiger charge is -1.94. The molecule has 0 saturated carbocycles. The molecule has 1 heterocycles. The van der Waals surface area contributed by atoms with E-state index >= 15 is 0 Å². The normalized spacial score (nSPS) is 11.1. The Morgan fingerprint density at radius 1 is 1.67 bits per heavy atom. The van der Waals surface area contributed by atoms with Crippen LogP contribution in [0.1, 0.15) is 12.7 Å². The number of nitrogens with one attached hydrogen (secondary N) is 1. The number of rotatable bonds is 3. The van der Waals surface area contributed by atoms with Crippen molar-refractivity contribution in [3.8, 4) is 0 Å². The molecule has 15 heavy (non-hydrogen) atoms. The maximum absolute atomic E-state index is 10.3. The molecule has 1 aromatic heterocycles. The van der Waals surface area contributed by atoms with Crippen molar-refractivity contribution in [1.29, 1.82) is 0 Å². The number of nitro groups is 1. The van der Waals surface area contributed by atoms with Crippen molar-refractivity contribution in [2.45, 2.75) is 6.92 Å². The van der Waals surface area contributed by atoms with Crippen LogP contribution in [0, 0.1) is 10.1 Å². The van der Waals surface area contributed by atoms with Gasteiger partial charge >= 0.3 is 11.9 Å². The smallest absolute Gasteiger partial charge is 0.399 e. The first-order valence-corrected chi connectivity index (χ1v) is 3.85. The topological polar surface area (TPSA) is 124 Å². The highest BCUT2D eigenvalue weighted by Gasteiger charge is 2.13. The van der Waals surface area contributed by atoms with Gasteiger partial charge in [0.25, 0.3) is 0 Å². The second kappa shape index (κ2) is 4.22. The van der Waals surface area contributed by atoms with Gasteiger partial charge in [-0.25, -0.2) is 10.2 Å². The van der Waals surface area contributed by atoms with E-state index in [1.807, 2.05) is 5.43 Å². The lowest BCUT2D eigenvalue weighted by molar-refractivity contribution is -0.402. The van der Waals surface area contributed by atoms with Crippen molar-refractivity contribution >= 4 is 17.6 Å². The number of nitrogens with zero attached hydrogens (tertiary/aromatic N) is 2. The van der Waals surface area contributed by atoms with E-state index in [9.17, 15) is 14.9 Å². The van der Waals surface area contributed by atoms with Crippen LogP contribution >= 0.6 is 0 Å². The predicted molar refractivity (Wildman–Crippen MR) is 50.3 cm³/mol. The van der Waals surface area contributed by atoms with Crippen LogP contribution in [0.5, 0.6) is 0 Å². The van der Waals surface area contributed by atoms with Gasteiger partial charge in [0, 0.05) is 0 Å². The average Bonchev–Trinajstić information content (AvgIpc) is 2.62. The summed E-state index contributed by atoms with van der Waals surface area (Å²) in [5, 5.41) is 13.8. The molecule has 0 aliphatic heterocycles. The highest BCUT2D eigenvalue weighted by Crippen LogP contribution is 2.15. The molecule has 80 valence electrons. The van der Waals surface area contributed by atoms with E-state index in [0.717, 1.165) is 0 Å². The van der Waals surface area contributed by atoms with Crippen molar-refractivity contribution in [3.63, 3.8) is 0 Å². The highest BCUT2D eigenvalue weighted by molar-refractivity contribution is 5.96. The molecule has 2 amide bonds. The Labute approximate surface area is 83.9 Å². The minimum absolute atomic E-state index is 0.190. The van der Waals surface area contributed by atoms with E-state index in [4.69, 9.17) is 10.2 Å². The summed E-state index contributed by atoms with van der Waals surface area (Å²) in [6.07, 6.45) is 0. The van der Waals surface area contributed by atoms with Crippen molar-refractivity contribution in [3.05, 3.63) is 28.0 Å². The Morgan fingerprint density at radius 3 is 2.80 bits per heavy atom. The van der Waals surface area contributed by atoms with Crippen LogP contribution in [0.3, 0.4) is 0 Å². The van der Waals surface area contributed by atoms with Gasteiger partial charge in [-0.3, -0.25) is 10.1 Å². The summed E-state index contributed by atoms with van der Waals surface area (Å²) in [6, 6.07) is 1.74. The number of hydrogen-bond acceptors (Lipinski definition) is 5. The van der Waals surface area contributed by atoms with Crippen LogP contribution in [-0.2, 0) is 0 Å². The van der Waals surface area contributed by atoms with Gasteiger partial charge < -0.3 is 10.2 Å². The van der Waals surface area contributed by atoms with Gasteiger partial charge in [0.05, 0.1) is 6.07 Å². The number of nitrogens with two attached hydrogens (primary N) is 1. The molecule has 8 nitrogen and oxygen atoms in total. The summed E-state index contributed by atoms with van der Waals surface area (Å²) in [5.41, 5.74) is 7.04. The molecule has 0 bridgehead atoms. The Balaban J connectivity index is 2.82. The van der Waals surface area contributed by atoms with E-state index in [0.29, 0.717) is 0 Å². The molecule has 0 saturated heterocycles. The standard InChI is InChI=1S/C7H8N4O4/c1-4(9-10-7(8)12)5-2-3-6(15-5)11(13)14/h2-3H,1H3,(H3,8,10,12)/b9-4-. The van der Waals surface area contributed by atoms with E-state index in [-0.39, 0.29) is 11.5 Å². The molecule has 0 spiro atoms. The maximum atomic E-state index is 10.3. The van der Waals surface area contributed by atoms with Crippen molar-refractivity contribution in [2.75, 3.05) is 0 Å². The van der Waals surface area contributed by atoms with Gasteiger partial charge in [-0.2, -0.15) is 5.10 Å². The predicted octanol–water partition coefficient (Wildman–Crippen LogP) is 0.580. The van der Waals surface area contributed by atoms with Gasteiger partial charge in [0.1, 0.15) is 10.6 Å². The first-order chi connectivity index (χ1) is 7.00. The summed E-state index contributed by atoms with van der Waals surface area (Å²) in [7, 11) is 0. The third-order valence-corrected chi connectivity index (χ3v) is 1.46. The lowest BCUT2D eigenvalue weighted by atomic mass is 10.3. The zero-order valence-electron chi connectivity index (χ0n) is 7.76. The van der Waals surface area contributed by atoms with Crippen molar-refractivity contribution < 1.29 is 14.1 Å². The van der Waals surface area contributed by atoms with Crippen molar-refractivity contribution in [1.82, 2.24) is 5.43 Å². The zero-order chi connectivity index (χ0) is 11.4. The number of primary amides is 1. The van der Waals surface area contributed by atoms with Crippen LogP contribution in [0.15, 0.2) is 21.7 Å². The number of urea groups is 1. The highest BCUT2D eigenvalue weighted by atomic mass is 16.6. The van der Waals surface area contributed by atoms with E-state index < -0.39 is 16.8 Å². The summed E-state index contributed by atoms with van der Waals surface area (Å²) in [6.45, 7) is 1.51. The average molecular weight is 212 g/mol. The molecule has 0 unspecified atom stereocenters. The molecule has 0 aliphatic rings. The molecule has 1 rings (SSSR count). The van der Waals surface area contributed by atoms with Gasteiger partial charge in [-0.15, -0.1) is 0 Å². The van der Waals surface area contributed by atoms with E-state index in [1.54, 1.807) is 0 Å². The molecule has 0 fully saturated rings. The molecule has 0 aromatic carbocycles. The fourth-order valence-corrected chi connectivity index (χ4v) is 0.814. The Hall–Kier alpha value is -2.38. The molecule has 1 aromatic rings. The SMILES string of the molecule is C/C(=N/NC(N)=O)c1ccc([N+](=O)[O-])o1. The van der Waals surface area contributed by atoms with Gasteiger partial charge in [0.2, 0.25) is 0 Å². The quantitative estimate of drug-likeness (QED) is 0.432. The summed E-state index contributed by atoms with van der Waals surface area (Å²) < 4.78 is 4.82. The number of amides is 2. The monoisotopic (exact) mass is 212 g/mol. The van der Waals surface area contributed by atoms with E-state index in [1.165, 1.54) is 19.1 Å². The van der Waals surface area contributed by atoms with Crippen LogP contribution in [0.2, 0.25) is 0 Å². The first-order valence-electron chi connectivity index (χ1n) is 3.85. The van der Waals surface area contributed by atoms with Crippen LogP contribution in [-0.4, -0.2) is 16.7 Å². The van der Waals surface area contributed by atoms with Crippen LogP contribution < -0.4 is 11.2 Å². The third-order valence-electron chi connectivity index (χ3n) is 1.46. The molecular formula is C7H8N4O4. The number of carbonyl (C=O) groups excluding carboxylic acids is 1. The lowest BCUT2D eigenvalue weighted by Crippen LogP contribution is -2.25. The van der Waals surface area contributed by atoms with E-state index in [2.05, 4.69) is 5.10 Å². The first kappa shape index (κ1) is 10.7. The molecule has 8 heteroatoms. The number of hydrogen-bond donors (Lipinski definition) is 2. The van der Waals surface area contributed by atoms with Gasteiger partial charge in [-0.1, -0.05) is 0 Å². The number of hydrazone groups is 1. The fraction of sp³-hybridized carbons (Fsp3) is 0.143. The van der Waals surface area contributed by atoms with Crippen LogP contribution in [0.4, 0.5) is 10.7 Å². The molecule has 0 aliphatic carbocycles.